The molecule has 0 unspecified atom stereocenters. The highest BCUT2D eigenvalue weighted by Gasteiger charge is 2.31. The van der Waals surface area contributed by atoms with Crippen LogP contribution >= 0.6 is 0 Å². The Morgan fingerprint density at radius 2 is 2.05 bits per heavy atom. The number of rotatable bonds is 5. The first-order valence-electron chi connectivity index (χ1n) is 7.54. The van der Waals surface area contributed by atoms with Crippen LogP contribution in [0.2, 0.25) is 0 Å². The molecule has 1 amide bonds. The summed E-state index contributed by atoms with van der Waals surface area (Å²) in [5, 5.41) is 18.2. The molecule has 0 aromatic carbocycles. The molecule has 0 aliphatic heterocycles. The van der Waals surface area contributed by atoms with E-state index >= 15 is 0 Å². The highest BCUT2D eigenvalue weighted by molar-refractivity contribution is 5.84. The summed E-state index contributed by atoms with van der Waals surface area (Å²) < 4.78 is 1.87. The van der Waals surface area contributed by atoms with Crippen molar-refractivity contribution in [3.8, 4) is 0 Å². The zero-order valence-corrected chi connectivity index (χ0v) is 12.6. The van der Waals surface area contributed by atoms with Crippen molar-refractivity contribution >= 4 is 11.9 Å². The van der Waals surface area contributed by atoms with Gasteiger partial charge in [0.1, 0.15) is 0 Å². The Labute approximate surface area is 124 Å². The number of aromatic nitrogens is 2. The number of amides is 1. The fourth-order valence-corrected chi connectivity index (χ4v) is 3.02. The minimum absolute atomic E-state index is 0.187. The largest absolute Gasteiger partial charge is 0.550 e. The molecular formula is C15H22N3O3-. The van der Waals surface area contributed by atoms with Gasteiger partial charge in [-0.15, -0.1) is 0 Å². The van der Waals surface area contributed by atoms with Gasteiger partial charge in [-0.1, -0.05) is 12.8 Å². The van der Waals surface area contributed by atoms with Crippen molar-refractivity contribution in [1.82, 2.24) is 15.1 Å². The Bertz CT molecular complexity index is 524. The van der Waals surface area contributed by atoms with Crippen LogP contribution in [0.4, 0.5) is 0 Å². The highest BCUT2D eigenvalue weighted by Crippen LogP contribution is 2.29. The van der Waals surface area contributed by atoms with Gasteiger partial charge in [0.25, 0.3) is 0 Å². The van der Waals surface area contributed by atoms with Gasteiger partial charge in [-0.2, -0.15) is 5.10 Å². The maximum Gasteiger partial charge on any atom is 0.224 e. The topological polar surface area (TPSA) is 87.0 Å². The lowest BCUT2D eigenvalue weighted by molar-refractivity contribution is -0.314. The second-order valence-corrected chi connectivity index (χ2v) is 5.61. The third kappa shape index (κ3) is 3.43. The quantitative estimate of drug-likeness (QED) is 0.850. The van der Waals surface area contributed by atoms with E-state index in [1.54, 1.807) is 6.20 Å². The Kier molecular flexibility index (Phi) is 4.98. The summed E-state index contributed by atoms with van der Waals surface area (Å²) in [6, 6.07) is 0. The second-order valence-electron chi connectivity index (χ2n) is 5.61. The van der Waals surface area contributed by atoms with Crippen LogP contribution in [0.25, 0.3) is 0 Å². The summed E-state index contributed by atoms with van der Waals surface area (Å²) >= 11 is 0. The Morgan fingerprint density at radius 1 is 1.38 bits per heavy atom. The molecule has 1 aliphatic rings. The summed E-state index contributed by atoms with van der Waals surface area (Å²) in [6.45, 7) is 5.15. The van der Waals surface area contributed by atoms with Crippen LogP contribution in [-0.4, -0.2) is 21.7 Å². The lowest BCUT2D eigenvalue weighted by Gasteiger charge is -2.31. The monoisotopic (exact) mass is 292 g/mol. The van der Waals surface area contributed by atoms with E-state index in [1.807, 2.05) is 18.5 Å². The van der Waals surface area contributed by atoms with Gasteiger partial charge in [0.15, 0.2) is 0 Å². The zero-order valence-electron chi connectivity index (χ0n) is 12.6. The number of hydrogen-bond donors (Lipinski definition) is 1. The van der Waals surface area contributed by atoms with Gasteiger partial charge >= 0.3 is 0 Å². The number of carbonyl (C=O) groups is 2. The average Bonchev–Trinajstić information content (AvgIpc) is 2.85. The van der Waals surface area contributed by atoms with E-state index in [9.17, 15) is 14.7 Å². The predicted molar refractivity (Wildman–Crippen MR) is 74.9 cm³/mol. The first-order valence-corrected chi connectivity index (χ1v) is 7.54. The summed E-state index contributed by atoms with van der Waals surface area (Å²) in [6.07, 6.45) is 4.65. The third-order valence-electron chi connectivity index (χ3n) is 4.36. The van der Waals surface area contributed by atoms with Gasteiger partial charge in [0, 0.05) is 42.2 Å². The molecule has 1 fully saturated rings. The molecule has 2 atom stereocenters. The zero-order chi connectivity index (χ0) is 15.4. The fourth-order valence-electron chi connectivity index (χ4n) is 3.02. The van der Waals surface area contributed by atoms with Gasteiger partial charge in [0.05, 0.1) is 6.20 Å². The molecule has 1 aromatic rings. The van der Waals surface area contributed by atoms with Crippen molar-refractivity contribution in [2.75, 3.05) is 0 Å². The lowest BCUT2D eigenvalue weighted by atomic mass is 9.78. The molecule has 0 radical (unpaired) electrons. The molecule has 0 spiro atoms. The van der Waals surface area contributed by atoms with Gasteiger partial charge in [0.2, 0.25) is 5.91 Å². The Balaban J connectivity index is 1.97. The molecule has 1 aromatic heterocycles. The maximum absolute atomic E-state index is 12.2. The molecule has 6 nitrogen and oxygen atoms in total. The second kappa shape index (κ2) is 6.74. The van der Waals surface area contributed by atoms with Crippen molar-refractivity contribution in [3.05, 3.63) is 17.5 Å². The predicted octanol–water partition coefficient (Wildman–Crippen LogP) is 0.384. The molecule has 0 saturated heterocycles. The van der Waals surface area contributed by atoms with Crippen LogP contribution in [0.15, 0.2) is 6.20 Å². The minimum atomic E-state index is -1.11. The van der Waals surface area contributed by atoms with Crippen molar-refractivity contribution in [3.63, 3.8) is 0 Å². The Hall–Kier alpha value is -1.85. The SMILES string of the molecule is CCn1ncc(CNC(=O)[C@H]2CCCC[C@@H]2C(=O)[O-])c1C. The molecule has 1 saturated carbocycles. The highest BCUT2D eigenvalue weighted by atomic mass is 16.4. The van der Waals surface area contributed by atoms with E-state index in [2.05, 4.69) is 10.4 Å². The molecule has 116 valence electrons. The van der Waals surface area contributed by atoms with Crippen LogP contribution < -0.4 is 10.4 Å². The molecule has 1 heterocycles. The normalized spacial score (nSPS) is 22.0. The van der Waals surface area contributed by atoms with Crippen molar-refractivity contribution < 1.29 is 14.7 Å². The van der Waals surface area contributed by atoms with E-state index in [1.165, 1.54) is 0 Å². The molecule has 1 N–H and O–H groups in total. The molecule has 2 rings (SSSR count). The number of nitrogens with one attached hydrogen (secondary N) is 1. The third-order valence-corrected chi connectivity index (χ3v) is 4.36. The van der Waals surface area contributed by atoms with Crippen molar-refractivity contribution in [1.29, 1.82) is 0 Å². The summed E-state index contributed by atoms with van der Waals surface area (Å²) in [7, 11) is 0. The fraction of sp³-hybridized carbons (Fsp3) is 0.667. The molecule has 6 heteroatoms. The number of aryl methyl sites for hydroxylation is 1. The van der Waals surface area contributed by atoms with E-state index in [0.717, 1.165) is 30.6 Å². The van der Waals surface area contributed by atoms with Crippen LogP contribution in [0.1, 0.15) is 43.9 Å². The number of hydrogen-bond acceptors (Lipinski definition) is 4. The van der Waals surface area contributed by atoms with Gasteiger partial charge < -0.3 is 15.2 Å². The molecule has 21 heavy (non-hydrogen) atoms. The molecular weight excluding hydrogens is 270 g/mol. The first-order chi connectivity index (χ1) is 10.0. The summed E-state index contributed by atoms with van der Waals surface area (Å²) in [4.78, 5) is 23.4. The number of aliphatic carboxylic acids is 1. The molecule has 0 bridgehead atoms. The van der Waals surface area contributed by atoms with Crippen LogP contribution in [0.5, 0.6) is 0 Å². The van der Waals surface area contributed by atoms with E-state index in [0.29, 0.717) is 19.4 Å². The van der Waals surface area contributed by atoms with E-state index in [-0.39, 0.29) is 5.91 Å². The summed E-state index contributed by atoms with van der Waals surface area (Å²) in [5.74, 6) is -2.42. The number of carboxylic acids is 1. The van der Waals surface area contributed by atoms with Gasteiger partial charge in [-0.25, -0.2) is 0 Å². The van der Waals surface area contributed by atoms with Gasteiger partial charge in [-0.3, -0.25) is 9.48 Å². The molecule has 1 aliphatic carbocycles. The van der Waals surface area contributed by atoms with Crippen LogP contribution in [0, 0.1) is 18.8 Å². The van der Waals surface area contributed by atoms with Crippen molar-refractivity contribution in [2.24, 2.45) is 11.8 Å². The number of nitrogens with zero attached hydrogens (tertiary/aromatic N) is 2. The van der Waals surface area contributed by atoms with Crippen molar-refractivity contribution in [2.45, 2.75) is 52.6 Å². The van der Waals surface area contributed by atoms with Gasteiger partial charge in [-0.05, 0) is 26.7 Å². The Morgan fingerprint density at radius 3 is 2.62 bits per heavy atom. The van der Waals surface area contributed by atoms with E-state index in [4.69, 9.17) is 0 Å². The van der Waals surface area contributed by atoms with E-state index < -0.39 is 17.8 Å². The summed E-state index contributed by atoms with van der Waals surface area (Å²) in [5.41, 5.74) is 1.99. The van der Waals surface area contributed by atoms with Crippen LogP contribution in [-0.2, 0) is 22.7 Å². The smallest absolute Gasteiger partial charge is 0.224 e. The average molecular weight is 292 g/mol. The lowest BCUT2D eigenvalue weighted by Crippen LogP contribution is -2.44. The van der Waals surface area contributed by atoms with Crippen LogP contribution in [0.3, 0.4) is 0 Å². The maximum atomic E-state index is 12.2. The minimum Gasteiger partial charge on any atom is -0.550 e. The number of carbonyl (C=O) groups excluding carboxylic acids is 2. The first kappa shape index (κ1) is 15.5. The number of carboxylic acid groups (broad SMARTS) is 1. The standard InChI is InChI=1S/C15H23N3O3/c1-3-18-10(2)11(9-17-18)8-16-14(19)12-6-4-5-7-13(12)15(20)21/h9,12-13H,3-8H2,1-2H3,(H,16,19)(H,20,21)/p-1/t12-,13-/m0/s1.